The molecule has 0 aliphatic carbocycles. The molecule has 3 aromatic carbocycles. The van der Waals surface area contributed by atoms with E-state index < -0.39 is 44.9 Å². The van der Waals surface area contributed by atoms with Gasteiger partial charge in [-0.3, -0.25) is 4.79 Å². The van der Waals surface area contributed by atoms with Gasteiger partial charge < -0.3 is 30.8 Å². The average molecular weight is 469 g/mol. The maximum atomic E-state index is 12.1. The summed E-state index contributed by atoms with van der Waals surface area (Å²) >= 11 is 0. The van der Waals surface area contributed by atoms with Gasteiger partial charge in [-0.15, -0.1) is 0 Å². The number of hydrogen-bond acceptors (Lipinski definition) is 6. The summed E-state index contributed by atoms with van der Waals surface area (Å²) in [6.45, 7) is -0.705. The molecule has 3 aromatic rings. The first-order chi connectivity index (χ1) is 15.9. The molecule has 0 fully saturated rings. The summed E-state index contributed by atoms with van der Waals surface area (Å²) in [6, 6.07) is 28.3. The van der Waals surface area contributed by atoms with Crippen molar-refractivity contribution in [3.63, 3.8) is 0 Å². The lowest BCUT2D eigenvalue weighted by molar-refractivity contribution is -0.149. The van der Waals surface area contributed by atoms with E-state index in [9.17, 15) is 25.2 Å². The Morgan fingerprint density at radius 1 is 0.727 bits per heavy atom. The molecule has 0 saturated heterocycles. The van der Waals surface area contributed by atoms with Crippen molar-refractivity contribution in [2.45, 2.75) is 31.0 Å². The summed E-state index contributed by atoms with van der Waals surface area (Å²) < 4.78 is 0. The van der Waals surface area contributed by atoms with Crippen molar-refractivity contribution in [1.29, 1.82) is 0 Å². The van der Waals surface area contributed by atoms with Gasteiger partial charge in [0.15, 0.2) is 6.10 Å². The second-order valence-corrected chi connectivity index (χ2v) is 9.79. The Balaban J connectivity index is 1.68. The SMILES string of the molecule is O=C(NCc1ccc(P(c2ccccc2)c2ccccc2)cc1)[C@H](O)[C@@H](O)[C@H](O)[C@H](O)CO. The predicted octanol–water partition coefficient (Wildman–Crippen LogP) is -0.503. The summed E-state index contributed by atoms with van der Waals surface area (Å²) in [7, 11) is -0.747. The summed E-state index contributed by atoms with van der Waals surface area (Å²) in [6.07, 6.45) is -7.41. The zero-order chi connectivity index (χ0) is 23.8. The van der Waals surface area contributed by atoms with Crippen LogP contribution in [0.5, 0.6) is 0 Å². The van der Waals surface area contributed by atoms with Crippen LogP contribution in [0, 0.1) is 0 Å². The average Bonchev–Trinajstić information content (AvgIpc) is 2.87. The van der Waals surface area contributed by atoms with Crippen molar-refractivity contribution in [2.24, 2.45) is 0 Å². The van der Waals surface area contributed by atoms with Crippen molar-refractivity contribution < 1.29 is 30.3 Å². The van der Waals surface area contributed by atoms with E-state index in [1.54, 1.807) is 0 Å². The van der Waals surface area contributed by atoms with E-state index in [0.717, 1.165) is 10.9 Å². The van der Waals surface area contributed by atoms with Crippen LogP contribution >= 0.6 is 7.92 Å². The standard InChI is InChI=1S/C25H28NO6P/c27-16-21(28)22(29)23(30)24(31)25(32)26-15-17-11-13-20(14-12-17)33(18-7-3-1-4-8-18)19-9-5-2-6-10-19/h1-14,21-24,27-31H,15-16H2,(H,26,32)/t21-,22-,23+,24-/m1/s1. The van der Waals surface area contributed by atoms with E-state index >= 15 is 0 Å². The lowest BCUT2D eigenvalue weighted by Gasteiger charge is -2.25. The third-order valence-corrected chi connectivity index (χ3v) is 7.66. The molecule has 0 aromatic heterocycles. The first-order valence-electron chi connectivity index (χ1n) is 10.5. The highest BCUT2D eigenvalue weighted by Crippen LogP contribution is 2.32. The van der Waals surface area contributed by atoms with Gasteiger partial charge in [0, 0.05) is 6.54 Å². The first kappa shape index (κ1) is 25.0. The highest BCUT2D eigenvalue weighted by Gasteiger charge is 2.34. The maximum Gasteiger partial charge on any atom is 0.251 e. The molecule has 1 amide bonds. The molecule has 7 nitrogen and oxygen atoms in total. The fourth-order valence-corrected chi connectivity index (χ4v) is 5.62. The molecule has 0 bridgehead atoms. The van der Waals surface area contributed by atoms with Crippen molar-refractivity contribution in [2.75, 3.05) is 6.61 Å². The lowest BCUT2D eigenvalue weighted by Crippen LogP contribution is -2.51. The van der Waals surface area contributed by atoms with E-state index in [-0.39, 0.29) is 6.54 Å². The number of rotatable bonds is 10. The van der Waals surface area contributed by atoms with Crippen LogP contribution in [-0.4, -0.2) is 62.5 Å². The van der Waals surface area contributed by atoms with Gasteiger partial charge in [0.2, 0.25) is 0 Å². The number of carbonyl (C=O) groups excluding carboxylic acids is 1. The number of amides is 1. The quantitative estimate of drug-likeness (QED) is 0.222. The Hall–Kier alpha value is -2.64. The number of carbonyl (C=O) groups is 1. The molecular formula is C25H28NO6P. The molecule has 0 spiro atoms. The van der Waals surface area contributed by atoms with E-state index in [4.69, 9.17) is 5.11 Å². The minimum Gasteiger partial charge on any atom is -0.394 e. The van der Waals surface area contributed by atoms with Crippen molar-refractivity contribution >= 4 is 29.7 Å². The van der Waals surface area contributed by atoms with Crippen LogP contribution in [0.1, 0.15) is 5.56 Å². The molecule has 0 saturated carbocycles. The molecule has 0 heterocycles. The van der Waals surface area contributed by atoms with E-state index in [0.29, 0.717) is 0 Å². The zero-order valence-corrected chi connectivity index (χ0v) is 18.8. The Morgan fingerprint density at radius 2 is 1.21 bits per heavy atom. The van der Waals surface area contributed by atoms with Crippen LogP contribution in [0.25, 0.3) is 0 Å². The van der Waals surface area contributed by atoms with Crippen LogP contribution in [0.4, 0.5) is 0 Å². The van der Waals surface area contributed by atoms with Crippen LogP contribution in [0.2, 0.25) is 0 Å². The zero-order valence-electron chi connectivity index (χ0n) is 17.9. The fourth-order valence-electron chi connectivity index (χ4n) is 3.34. The predicted molar refractivity (Wildman–Crippen MR) is 128 cm³/mol. The minimum absolute atomic E-state index is 0.107. The summed E-state index contributed by atoms with van der Waals surface area (Å²) in [5.41, 5.74) is 0.792. The highest BCUT2D eigenvalue weighted by atomic mass is 31.1. The smallest absolute Gasteiger partial charge is 0.251 e. The van der Waals surface area contributed by atoms with Crippen LogP contribution in [-0.2, 0) is 11.3 Å². The van der Waals surface area contributed by atoms with Crippen molar-refractivity contribution in [3.05, 3.63) is 90.5 Å². The number of aliphatic hydroxyl groups excluding tert-OH is 5. The van der Waals surface area contributed by atoms with Gasteiger partial charge >= 0.3 is 0 Å². The Morgan fingerprint density at radius 3 is 1.70 bits per heavy atom. The molecule has 0 aliphatic heterocycles. The van der Waals surface area contributed by atoms with E-state index in [2.05, 4.69) is 29.6 Å². The normalized spacial score (nSPS) is 15.0. The molecule has 6 N–H and O–H groups in total. The fraction of sp³-hybridized carbons (Fsp3) is 0.240. The molecule has 3 rings (SSSR count). The van der Waals surface area contributed by atoms with Gasteiger partial charge in [-0.1, -0.05) is 84.9 Å². The van der Waals surface area contributed by atoms with Gasteiger partial charge in [-0.2, -0.15) is 0 Å². The lowest BCUT2D eigenvalue weighted by atomic mass is 10.0. The molecule has 4 atom stereocenters. The molecule has 8 heteroatoms. The van der Waals surface area contributed by atoms with Gasteiger partial charge in [0.05, 0.1) is 6.61 Å². The number of aliphatic hydroxyl groups is 5. The largest absolute Gasteiger partial charge is 0.394 e. The molecule has 33 heavy (non-hydrogen) atoms. The maximum absolute atomic E-state index is 12.1. The Labute approximate surface area is 193 Å². The molecule has 0 unspecified atom stereocenters. The minimum atomic E-state index is -1.95. The summed E-state index contributed by atoms with van der Waals surface area (Å²) in [5.74, 6) is -0.897. The van der Waals surface area contributed by atoms with Crippen molar-refractivity contribution in [3.8, 4) is 0 Å². The van der Waals surface area contributed by atoms with E-state index in [1.807, 2.05) is 60.7 Å². The van der Waals surface area contributed by atoms with E-state index in [1.165, 1.54) is 10.6 Å². The van der Waals surface area contributed by atoms with Gasteiger partial charge in [-0.25, -0.2) is 0 Å². The second kappa shape index (κ2) is 12.0. The summed E-state index contributed by atoms with van der Waals surface area (Å²) in [5, 5.41) is 53.7. The second-order valence-electron chi connectivity index (χ2n) is 7.57. The topological polar surface area (TPSA) is 130 Å². The molecular weight excluding hydrogens is 441 g/mol. The third kappa shape index (κ3) is 6.45. The third-order valence-electron chi connectivity index (χ3n) is 5.21. The van der Waals surface area contributed by atoms with Crippen molar-refractivity contribution in [1.82, 2.24) is 5.32 Å². The monoisotopic (exact) mass is 469 g/mol. The van der Waals surface area contributed by atoms with Crippen LogP contribution in [0.3, 0.4) is 0 Å². The number of benzene rings is 3. The van der Waals surface area contributed by atoms with Gasteiger partial charge in [0.1, 0.15) is 18.3 Å². The molecule has 0 aliphatic rings. The van der Waals surface area contributed by atoms with Gasteiger partial charge in [0.25, 0.3) is 5.91 Å². The summed E-state index contributed by atoms with van der Waals surface area (Å²) in [4.78, 5) is 12.1. The van der Waals surface area contributed by atoms with Gasteiger partial charge in [-0.05, 0) is 29.4 Å². The highest BCUT2D eigenvalue weighted by molar-refractivity contribution is 7.79. The van der Waals surface area contributed by atoms with Crippen LogP contribution < -0.4 is 21.2 Å². The number of hydrogen-bond donors (Lipinski definition) is 6. The Bertz CT molecular complexity index is 963. The number of nitrogens with one attached hydrogen (secondary N) is 1. The van der Waals surface area contributed by atoms with Crippen LogP contribution in [0.15, 0.2) is 84.9 Å². The first-order valence-corrected chi connectivity index (χ1v) is 11.9. The molecule has 0 radical (unpaired) electrons. The Kier molecular flexibility index (Phi) is 9.09. The molecule has 174 valence electrons.